The van der Waals surface area contributed by atoms with Crippen LogP contribution in [0.1, 0.15) is 46.0 Å². The van der Waals surface area contributed by atoms with Crippen LogP contribution in [0.3, 0.4) is 0 Å². The predicted octanol–water partition coefficient (Wildman–Crippen LogP) is 2.15. The molecular formula is C13H26N2. The molecule has 2 fully saturated rings. The summed E-state index contributed by atoms with van der Waals surface area (Å²) in [6.45, 7) is 7.23. The summed E-state index contributed by atoms with van der Waals surface area (Å²) in [5.41, 5.74) is 0. The number of hydrogen-bond acceptors (Lipinski definition) is 2. The van der Waals surface area contributed by atoms with Crippen molar-refractivity contribution in [1.82, 2.24) is 10.6 Å². The maximum absolute atomic E-state index is 3.89. The average Bonchev–Trinajstić information content (AvgIpc) is 2.24. The summed E-state index contributed by atoms with van der Waals surface area (Å²) in [4.78, 5) is 0. The van der Waals surface area contributed by atoms with Crippen LogP contribution < -0.4 is 10.6 Å². The van der Waals surface area contributed by atoms with E-state index in [1.165, 1.54) is 45.2 Å². The Kier molecular flexibility index (Phi) is 4.04. The van der Waals surface area contributed by atoms with Crippen LogP contribution in [0.5, 0.6) is 0 Å². The molecule has 0 aromatic heterocycles. The van der Waals surface area contributed by atoms with Gasteiger partial charge in [0.1, 0.15) is 0 Å². The van der Waals surface area contributed by atoms with Gasteiger partial charge >= 0.3 is 0 Å². The first-order valence-corrected chi connectivity index (χ1v) is 6.72. The summed E-state index contributed by atoms with van der Waals surface area (Å²) >= 11 is 0. The Morgan fingerprint density at radius 2 is 1.73 bits per heavy atom. The minimum Gasteiger partial charge on any atom is -0.317 e. The van der Waals surface area contributed by atoms with E-state index in [1.807, 2.05) is 0 Å². The topological polar surface area (TPSA) is 24.1 Å². The summed E-state index contributed by atoms with van der Waals surface area (Å²) in [6, 6.07) is 1.58. The van der Waals surface area contributed by atoms with E-state index in [1.54, 1.807) is 0 Å². The van der Waals surface area contributed by atoms with Gasteiger partial charge in [0.15, 0.2) is 0 Å². The van der Waals surface area contributed by atoms with Crippen molar-refractivity contribution in [2.75, 3.05) is 13.1 Å². The van der Waals surface area contributed by atoms with E-state index < -0.39 is 0 Å². The molecule has 2 nitrogen and oxygen atoms in total. The summed E-state index contributed by atoms with van der Waals surface area (Å²) < 4.78 is 0. The highest BCUT2D eigenvalue weighted by Gasteiger charge is 2.27. The fraction of sp³-hybridized carbons (Fsp3) is 1.00. The average molecular weight is 210 g/mol. The van der Waals surface area contributed by atoms with Crippen LogP contribution >= 0.6 is 0 Å². The van der Waals surface area contributed by atoms with Crippen molar-refractivity contribution in [2.24, 2.45) is 11.8 Å². The molecule has 0 bridgehead atoms. The molecule has 1 saturated heterocycles. The quantitative estimate of drug-likeness (QED) is 0.730. The molecule has 1 aliphatic carbocycles. The molecule has 88 valence electrons. The lowest BCUT2D eigenvalue weighted by molar-refractivity contribution is 0.202. The molecule has 15 heavy (non-hydrogen) atoms. The third-order valence-corrected chi connectivity index (χ3v) is 4.22. The zero-order chi connectivity index (χ0) is 10.7. The monoisotopic (exact) mass is 210 g/mol. The van der Waals surface area contributed by atoms with Crippen molar-refractivity contribution in [1.29, 1.82) is 0 Å². The van der Waals surface area contributed by atoms with E-state index in [9.17, 15) is 0 Å². The van der Waals surface area contributed by atoms with Crippen molar-refractivity contribution < 1.29 is 0 Å². The lowest BCUT2D eigenvalue weighted by Gasteiger charge is -2.37. The standard InChI is InChI=1S/C13H26N2/c1-10-3-4-13(11(2)9-10)15-12-5-7-14-8-6-12/h10-15H,3-9H2,1-2H3. The van der Waals surface area contributed by atoms with Gasteiger partial charge in [-0.15, -0.1) is 0 Å². The Hall–Kier alpha value is -0.0800. The van der Waals surface area contributed by atoms with Crippen molar-refractivity contribution in [3.8, 4) is 0 Å². The second kappa shape index (κ2) is 5.31. The molecule has 0 spiro atoms. The molecule has 1 heterocycles. The van der Waals surface area contributed by atoms with E-state index in [4.69, 9.17) is 0 Å². The molecule has 2 N–H and O–H groups in total. The van der Waals surface area contributed by atoms with Crippen molar-refractivity contribution in [2.45, 2.75) is 58.0 Å². The molecule has 1 saturated carbocycles. The van der Waals surface area contributed by atoms with Crippen molar-refractivity contribution in [3.63, 3.8) is 0 Å². The Balaban J connectivity index is 1.77. The summed E-state index contributed by atoms with van der Waals surface area (Å²) in [5.74, 6) is 1.83. The summed E-state index contributed by atoms with van der Waals surface area (Å²) in [7, 11) is 0. The number of piperidine rings is 1. The largest absolute Gasteiger partial charge is 0.317 e. The van der Waals surface area contributed by atoms with E-state index >= 15 is 0 Å². The smallest absolute Gasteiger partial charge is 0.00955 e. The molecule has 2 rings (SSSR count). The lowest BCUT2D eigenvalue weighted by Crippen LogP contribution is -2.48. The Morgan fingerprint density at radius 3 is 2.40 bits per heavy atom. The SMILES string of the molecule is CC1CCC(NC2CCNCC2)C(C)C1. The zero-order valence-corrected chi connectivity index (χ0v) is 10.3. The maximum atomic E-state index is 3.89. The second-order valence-corrected chi connectivity index (χ2v) is 5.69. The van der Waals surface area contributed by atoms with Crippen molar-refractivity contribution in [3.05, 3.63) is 0 Å². The Labute approximate surface area is 94.2 Å². The van der Waals surface area contributed by atoms with Gasteiger partial charge in [-0.25, -0.2) is 0 Å². The summed E-state index contributed by atoms with van der Waals surface area (Å²) in [6.07, 6.45) is 6.87. The predicted molar refractivity (Wildman–Crippen MR) is 65.0 cm³/mol. The van der Waals surface area contributed by atoms with Crippen LogP contribution in [0.25, 0.3) is 0 Å². The number of rotatable bonds is 2. The molecule has 0 radical (unpaired) electrons. The number of hydrogen-bond donors (Lipinski definition) is 2. The summed E-state index contributed by atoms with van der Waals surface area (Å²) in [5, 5.41) is 7.32. The van der Waals surface area contributed by atoms with Crippen molar-refractivity contribution >= 4 is 0 Å². The van der Waals surface area contributed by atoms with Crippen LogP contribution in [0, 0.1) is 11.8 Å². The van der Waals surface area contributed by atoms with Gasteiger partial charge in [-0.3, -0.25) is 0 Å². The fourth-order valence-corrected chi connectivity index (χ4v) is 3.20. The molecule has 0 amide bonds. The first-order chi connectivity index (χ1) is 7.25. The van der Waals surface area contributed by atoms with Gasteiger partial charge in [0.05, 0.1) is 0 Å². The van der Waals surface area contributed by atoms with E-state index in [0.717, 1.165) is 23.9 Å². The molecule has 1 aliphatic heterocycles. The highest BCUT2D eigenvalue weighted by atomic mass is 15.0. The number of nitrogens with one attached hydrogen (secondary N) is 2. The molecule has 3 atom stereocenters. The van der Waals surface area contributed by atoms with E-state index in [2.05, 4.69) is 24.5 Å². The van der Waals surface area contributed by atoms with E-state index in [0.29, 0.717) is 0 Å². The van der Waals surface area contributed by atoms with Gasteiger partial charge in [-0.05, 0) is 57.0 Å². The molecule has 2 aliphatic rings. The maximum Gasteiger partial charge on any atom is 0.00955 e. The van der Waals surface area contributed by atoms with Crippen LogP contribution in [-0.2, 0) is 0 Å². The Bertz CT molecular complexity index is 187. The lowest BCUT2D eigenvalue weighted by atomic mass is 9.79. The highest BCUT2D eigenvalue weighted by molar-refractivity contribution is 4.85. The normalized spacial score (nSPS) is 39.2. The van der Waals surface area contributed by atoms with Crippen LogP contribution in [0.4, 0.5) is 0 Å². The third kappa shape index (κ3) is 3.18. The van der Waals surface area contributed by atoms with Gasteiger partial charge in [0, 0.05) is 12.1 Å². The van der Waals surface area contributed by atoms with Gasteiger partial charge in [-0.2, -0.15) is 0 Å². The molecular weight excluding hydrogens is 184 g/mol. The van der Waals surface area contributed by atoms with Gasteiger partial charge in [-0.1, -0.05) is 13.8 Å². The van der Waals surface area contributed by atoms with Gasteiger partial charge in [0.2, 0.25) is 0 Å². The minimum atomic E-state index is 0.784. The fourth-order valence-electron chi connectivity index (χ4n) is 3.20. The second-order valence-electron chi connectivity index (χ2n) is 5.69. The zero-order valence-electron chi connectivity index (χ0n) is 10.3. The molecule has 0 aromatic carbocycles. The molecule has 2 heteroatoms. The molecule has 0 aromatic rings. The molecule has 3 unspecified atom stereocenters. The minimum absolute atomic E-state index is 0.784. The van der Waals surface area contributed by atoms with Crippen LogP contribution in [0.15, 0.2) is 0 Å². The third-order valence-electron chi connectivity index (χ3n) is 4.22. The van der Waals surface area contributed by atoms with E-state index in [-0.39, 0.29) is 0 Å². The first-order valence-electron chi connectivity index (χ1n) is 6.72. The van der Waals surface area contributed by atoms with Crippen LogP contribution in [0.2, 0.25) is 0 Å². The Morgan fingerprint density at radius 1 is 1.00 bits per heavy atom. The van der Waals surface area contributed by atoms with Crippen LogP contribution in [-0.4, -0.2) is 25.2 Å². The highest BCUT2D eigenvalue weighted by Crippen LogP contribution is 2.29. The van der Waals surface area contributed by atoms with Gasteiger partial charge < -0.3 is 10.6 Å². The van der Waals surface area contributed by atoms with Gasteiger partial charge in [0.25, 0.3) is 0 Å². The first kappa shape index (κ1) is 11.4.